The second-order valence-corrected chi connectivity index (χ2v) is 7.95. The lowest BCUT2D eigenvalue weighted by molar-refractivity contribution is 0.151. The average molecular weight is 347 g/mol. The van der Waals surface area contributed by atoms with E-state index in [0.717, 1.165) is 50.9 Å². The summed E-state index contributed by atoms with van der Waals surface area (Å²) in [5, 5.41) is 0. The fourth-order valence-electron chi connectivity index (χ4n) is 2.53. The highest BCUT2D eigenvalue weighted by Gasteiger charge is 2.22. The van der Waals surface area contributed by atoms with Crippen LogP contribution in [0.4, 0.5) is 8.78 Å². The zero-order valence-electron chi connectivity index (χ0n) is 13.5. The molecule has 0 aliphatic carbocycles. The number of sulfonamides is 1. The monoisotopic (exact) mass is 347 g/mol. The van der Waals surface area contributed by atoms with Gasteiger partial charge in [-0.25, -0.2) is 21.5 Å². The summed E-state index contributed by atoms with van der Waals surface area (Å²) >= 11 is 0. The van der Waals surface area contributed by atoms with Gasteiger partial charge in [0.25, 0.3) is 0 Å². The minimum Gasteiger partial charge on any atom is -0.304 e. The van der Waals surface area contributed by atoms with Crippen molar-refractivity contribution in [1.82, 2.24) is 14.1 Å². The Balaban J connectivity index is 1.88. The normalized spacial score (nSPS) is 17.8. The third-order valence-corrected chi connectivity index (χ3v) is 6.00. The first-order valence-electron chi connectivity index (χ1n) is 7.63. The van der Waals surface area contributed by atoms with Crippen molar-refractivity contribution in [1.29, 1.82) is 0 Å². The fraction of sp³-hybridized carbons (Fsp3) is 0.600. The summed E-state index contributed by atoms with van der Waals surface area (Å²) in [5.41, 5.74) is 0. The molecule has 0 saturated carbocycles. The Labute approximate surface area is 136 Å². The number of hydrogen-bond donors (Lipinski definition) is 0. The van der Waals surface area contributed by atoms with Crippen LogP contribution in [-0.2, 0) is 10.0 Å². The molecule has 1 aliphatic rings. The molecular formula is C15H23F2N3O2S. The maximum Gasteiger partial charge on any atom is 0.242 e. The second-order valence-electron chi connectivity index (χ2n) is 5.90. The summed E-state index contributed by atoms with van der Waals surface area (Å²) in [6.45, 7) is 5.16. The van der Waals surface area contributed by atoms with Crippen molar-refractivity contribution in [2.45, 2.75) is 11.3 Å². The molecule has 0 amide bonds. The largest absolute Gasteiger partial charge is 0.304 e. The van der Waals surface area contributed by atoms with Crippen LogP contribution in [-0.4, -0.2) is 75.9 Å². The molecule has 1 heterocycles. The molecule has 0 spiro atoms. The van der Waals surface area contributed by atoms with Crippen molar-refractivity contribution >= 4 is 10.0 Å². The molecule has 130 valence electrons. The SMILES string of the molecule is CN1CCN(CCCN(C)S(=O)(=O)c2ccc(F)c(F)c2)CC1. The Hall–Kier alpha value is -1.09. The van der Waals surface area contributed by atoms with Gasteiger partial charge in [0, 0.05) is 39.8 Å². The Kier molecular flexibility index (Phi) is 6.07. The average Bonchev–Trinajstić information content (AvgIpc) is 2.51. The lowest BCUT2D eigenvalue weighted by atomic mass is 10.3. The van der Waals surface area contributed by atoms with Gasteiger partial charge in [0.05, 0.1) is 4.90 Å². The lowest BCUT2D eigenvalue weighted by Gasteiger charge is -2.32. The third-order valence-electron chi connectivity index (χ3n) is 4.14. The highest BCUT2D eigenvalue weighted by Crippen LogP contribution is 2.17. The van der Waals surface area contributed by atoms with Crippen LogP contribution in [0.5, 0.6) is 0 Å². The Morgan fingerprint density at radius 1 is 1.13 bits per heavy atom. The van der Waals surface area contributed by atoms with Crippen molar-refractivity contribution in [2.75, 3.05) is 53.4 Å². The fourth-order valence-corrected chi connectivity index (χ4v) is 3.75. The number of benzene rings is 1. The molecule has 2 rings (SSSR count). The van der Waals surface area contributed by atoms with E-state index in [0.29, 0.717) is 13.0 Å². The van der Waals surface area contributed by atoms with Gasteiger partial charge in [0.1, 0.15) is 0 Å². The number of rotatable bonds is 6. The Morgan fingerprint density at radius 2 is 1.78 bits per heavy atom. The molecule has 1 aromatic rings. The zero-order chi connectivity index (χ0) is 17.0. The van der Waals surface area contributed by atoms with E-state index in [4.69, 9.17) is 0 Å². The van der Waals surface area contributed by atoms with Crippen molar-refractivity contribution in [3.8, 4) is 0 Å². The van der Waals surface area contributed by atoms with Gasteiger partial charge < -0.3 is 9.80 Å². The van der Waals surface area contributed by atoms with Crippen LogP contribution in [0.3, 0.4) is 0 Å². The third kappa shape index (κ3) is 4.69. The second kappa shape index (κ2) is 7.65. The van der Waals surface area contributed by atoms with Gasteiger partial charge in [-0.3, -0.25) is 0 Å². The molecule has 0 aromatic heterocycles. The summed E-state index contributed by atoms with van der Waals surface area (Å²) in [4.78, 5) is 4.34. The predicted octanol–water partition coefficient (Wildman–Crippen LogP) is 1.22. The van der Waals surface area contributed by atoms with E-state index in [2.05, 4.69) is 16.8 Å². The van der Waals surface area contributed by atoms with Crippen LogP contribution in [0.1, 0.15) is 6.42 Å². The molecule has 5 nitrogen and oxygen atoms in total. The van der Waals surface area contributed by atoms with E-state index in [1.165, 1.54) is 11.4 Å². The molecule has 1 aliphatic heterocycles. The Morgan fingerprint density at radius 3 is 2.39 bits per heavy atom. The van der Waals surface area contributed by atoms with Crippen LogP contribution >= 0.6 is 0 Å². The molecule has 0 radical (unpaired) electrons. The van der Waals surface area contributed by atoms with Crippen LogP contribution in [0.2, 0.25) is 0 Å². The number of nitrogens with zero attached hydrogens (tertiary/aromatic N) is 3. The lowest BCUT2D eigenvalue weighted by Crippen LogP contribution is -2.45. The topological polar surface area (TPSA) is 43.9 Å². The van der Waals surface area contributed by atoms with Crippen molar-refractivity contribution in [3.63, 3.8) is 0 Å². The van der Waals surface area contributed by atoms with Crippen LogP contribution < -0.4 is 0 Å². The van der Waals surface area contributed by atoms with Crippen molar-refractivity contribution in [2.24, 2.45) is 0 Å². The summed E-state index contributed by atoms with van der Waals surface area (Å²) in [6, 6.07) is 2.65. The molecule has 0 unspecified atom stereocenters. The first-order valence-corrected chi connectivity index (χ1v) is 9.07. The predicted molar refractivity (Wildman–Crippen MR) is 84.7 cm³/mol. The van der Waals surface area contributed by atoms with Gasteiger partial charge in [-0.15, -0.1) is 0 Å². The standard InChI is InChI=1S/C15H23F2N3O2S/c1-18-8-10-20(11-9-18)7-3-6-19(2)23(21,22)13-4-5-14(16)15(17)12-13/h4-5,12H,3,6-11H2,1-2H3. The van der Waals surface area contributed by atoms with Gasteiger partial charge in [-0.05, 0) is 38.2 Å². The Bertz CT molecular complexity index is 632. The highest BCUT2D eigenvalue weighted by atomic mass is 32.2. The van der Waals surface area contributed by atoms with Crippen molar-refractivity contribution in [3.05, 3.63) is 29.8 Å². The van der Waals surface area contributed by atoms with Crippen LogP contribution in [0.25, 0.3) is 0 Å². The summed E-state index contributed by atoms with van der Waals surface area (Å²) in [7, 11) is -0.248. The van der Waals surface area contributed by atoms with Gasteiger partial charge in [-0.2, -0.15) is 0 Å². The molecule has 1 saturated heterocycles. The van der Waals surface area contributed by atoms with Crippen LogP contribution in [0.15, 0.2) is 23.1 Å². The molecule has 0 N–H and O–H groups in total. The smallest absolute Gasteiger partial charge is 0.242 e. The van der Waals surface area contributed by atoms with Crippen LogP contribution in [0, 0.1) is 11.6 Å². The van der Waals surface area contributed by atoms with Crippen molar-refractivity contribution < 1.29 is 17.2 Å². The molecule has 1 aromatic carbocycles. The minimum atomic E-state index is -3.79. The molecule has 1 fully saturated rings. The number of hydrogen-bond acceptors (Lipinski definition) is 4. The van der Waals surface area contributed by atoms with E-state index >= 15 is 0 Å². The molecule has 0 bridgehead atoms. The minimum absolute atomic E-state index is 0.224. The quantitative estimate of drug-likeness (QED) is 0.776. The van der Waals surface area contributed by atoms with E-state index in [9.17, 15) is 17.2 Å². The van der Waals surface area contributed by atoms with Gasteiger partial charge in [0.2, 0.25) is 10.0 Å². The van der Waals surface area contributed by atoms with E-state index in [1.807, 2.05) is 0 Å². The maximum atomic E-state index is 13.2. The molecule has 8 heteroatoms. The van der Waals surface area contributed by atoms with Gasteiger partial charge >= 0.3 is 0 Å². The summed E-state index contributed by atoms with van der Waals surface area (Å²) in [6.07, 6.45) is 0.698. The highest BCUT2D eigenvalue weighted by molar-refractivity contribution is 7.89. The number of piperazine rings is 1. The summed E-state index contributed by atoms with van der Waals surface area (Å²) in [5.74, 6) is -2.21. The van der Waals surface area contributed by atoms with E-state index in [1.54, 1.807) is 0 Å². The summed E-state index contributed by atoms with van der Waals surface area (Å²) < 4.78 is 52.0. The molecule has 23 heavy (non-hydrogen) atoms. The van der Waals surface area contributed by atoms with E-state index < -0.39 is 21.7 Å². The first kappa shape index (κ1) is 18.3. The molecular weight excluding hydrogens is 324 g/mol. The van der Waals surface area contributed by atoms with Gasteiger partial charge in [-0.1, -0.05) is 0 Å². The van der Waals surface area contributed by atoms with Gasteiger partial charge in [0.15, 0.2) is 11.6 Å². The number of likely N-dealkylation sites (N-methyl/N-ethyl adjacent to an activating group) is 1. The zero-order valence-corrected chi connectivity index (χ0v) is 14.3. The molecule has 0 atom stereocenters. The maximum absolute atomic E-state index is 13.2. The number of halogens is 2. The van der Waals surface area contributed by atoms with E-state index in [-0.39, 0.29) is 4.90 Å². The first-order chi connectivity index (χ1) is 10.8.